The molecule has 0 aromatic heterocycles. The lowest BCUT2D eigenvalue weighted by Crippen LogP contribution is -2.50. The predicted octanol–water partition coefficient (Wildman–Crippen LogP) is 1.94. The molecule has 0 aliphatic carbocycles. The quantitative estimate of drug-likeness (QED) is 0.899. The number of ether oxygens (including phenoxy) is 1. The number of morpholine rings is 1. The Kier molecular flexibility index (Phi) is 4.61. The molecule has 98 valence electrons. The summed E-state index contributed by atoms with van der Waals surface area (Å²) < 4.78 is 6.04. The summed E-state index contributed by atoms with van der Waals surface area (Å²) in [5.41, 5.74) is 0.436. The standard InChI is InChI=1S/C12H13BrClNO3/c13-8-1-2-11(14)10(5-8)12(17)15-3-4-18-7-9(15)6-16/h1-2,5,9,16H,3-4,6-7H2. The number of carbonyl (C=O) groups excluding carboxylic acids is 1. The molecular formula is C12H13BrClNO3. The van der Waals surface area contributed by atoms with Gasteiger partial charge >= 0.3 is 0 Å². The monoisotopic (exact) mass is 333 g/mol. The highest BCUT2D eigenvalue weighted by molar-refractivity contribution is 9.10. The highest BCUT2D eigenvalue weighted by Gasteiger charge is 2.28. The first-order valence-electron chi connectivity index (χ1n) is 5.58. The minimum atomic E-state index is -0.304. The molecule has 1 aliphatic heterocycles. The summed E-state index contributed by atoms with van der Waals surface area (Å²) in [6.07, 6.45) is 0. The first-order valence-corrected chi connectivity index (χ1v) is 6.75. The molecule has 1 atom stereocenters. The molecule has 18 heavy (non-hydrogen) atoms. The average Bonchev–Trinajstić information content (AvgIpc) is 2.40. The maximum atomic E-state index is 12.4. The second-order valence-corrected chi connectivity index (χ2v) is 5.36. The van der Waals surface area contributed by atoms with Crippen LogP contribution < -0.4 is 0 Å². The van der Waals surface area contributed by atoms with Crippen molar-refractivity contribution in [2.75, 3.05) is 26.4 Å². The van der Waals surface area contributed by atoms with Crippen molar-refractivity contribution in [3.05, 3.63) is 33.3 Å². The van der Waals surface area contributed by atoms with E-state index in [2.05, 4.69) is 15.9 Å². The Morgan fingerprint density at radius 2 is 2.39 bits per heavy atom. The van der Waals surface area contributed by atoms with E-state index in [0.29, 0.717) is 30.3 Å². The van der Waals surface area contributed by atoms with Crippen molar-refractivity contribution in [1.82, 2.24) is 4.90 Å². The molecule has 1 unspecified atom stereocenters. The van der Waals surface area contributed by atoms with Gasteiger partial charge in [-0.2, -0.15) is 0 Å². The van der Waals surface area contributed by atoms with E-state index in [1.54, 1.807) is 23.1 Å². The Bertz CT molecular complexity index is 455. The van der Waals surface area contributed by atoms with Crippen LogP contribution in [0.1, 0.15) is 10.4 Å². The first-order chi connectivity index (χ1) is 8.63. The number of rotatable bonds is 2. The Labute approximate surface area is 119 Å². The van der Waals surface area contributed by atoms with Crippen LogP contribution in [0.25, 0.3) is 0 Å². The van der Waals surface area contributed by atoms with Crippen LogP contribution in [0.3, 0.4) is 0 Å². The zero-order valence-electron chi connectivity index (χ0n) is 9.60. The summed E-state index contributed by atoms with van der Waals surface area (Å²) in [7, 11) is 0. The summed E-state index contributed by atoms with van der Waals surface area (Å²) in [4.78, 5) is 14.0. The second-order valence-electron chi connectivity index (χ2n) is 4.03. The van der Waals surface area contributed by atoms with E-state index in [0.717, 1.165) is 4.47 Å². The van der Waals surface area contributed by atoms with E-state index >= 15 is 0 Å². The Morgan fingerprint density at radius 1 is 1.61 bits per heavy atom. The van der Waals surface area contributed by atoms with Gasteiger partial charge in [-0.25, -0.2) is 0 Å². The molecule has 1 saturated heterocycles. The van der Waals surface area contributed by atoms with Gasteiger partial charge in [-0.05, 0) is 18.2 Å². The number of halogens is 2. The molecular weight excluding hydrogens is 321 g/mol. The number of aliphatic hydroxyl groups excluding tert-OH is 1. The largest absolute Gasteiger partial charge is 0.394 e. The SMILES string of the molecule is O=C(c1cc(Br)ccc1Cl)N1CCOCC1CO. The van der Waals surface area contributed by atoms with Crippen LogP contribution in [0.2, 0.25) is 5.02 Å². The minimum Gasteiger partial charge on any atom is -0.394 e. The maximum absolute atomic E-state index is 12.4. The number of hydrogen-bond donors (Lipinski definition) is 1. The minimum absolute atomic E-state index is 0.114. The molecule has 1 heterocycles. The molecule has 4 nitrogen and oxygen atoms in total. The molecule has 0 spiro atoms. The smallest absolute Gasteiger partial charge is 0.255 e. The van der Waals surface area contributed by atoms with Crippen LogP contribution in [0, 0.1) is 0 Å². The Morgan fingerprint density at radius 3 is 3.11 bits per heavy atom. The summed E-state index contributed by atoms with van der Waals surface area (Å²) >= 11 is 9.36. The highest BCUT2D eigenvalue weighted by atomic mass is 79.9. The summed E-state index contributed by atoms with van der Waals surface area (Å²) in [6.45, 7) is 1.19. The molecule has 1 aromatic rings. The van der Waals surface area contributed by atoms with E-state index in [4.69, 9.17) is 16.3 Å². The molecule has 1 aromatic carbocycles. The van der Waals surface area contributed by atoms with E-state index < -0.39 is 0 Å². The lowest BCUT2D eigenvalue weighted by Gasteiger charge is -2.34. The molecule has 1 fully saturated rings. The van der Waals surface area contributed by atoms with E-state index in [-0.39, 0.29) is 18.6 Å². The lowest BCUT2D eigenvalue weighted by molar-refractivity contribution is -0.0183. The van der Waals surface area contributed by atoms with Crippen molar-refractivity contribution in [1.29, 1.82) is 0 Å². The lowest BCUT2D eigenvalue weighted by atomic mass is 10.1. The zero-order chi connectivity index (χ0) is 13.1. The van der Waals surface area contributed by atoms with Crippen LogP contribution in [0.15, 0.2) is 22.7 Å². The van der Waals surface area contributed by atoms with Gasteiger partial charge in [0, 0.05) is 11.0 Å². The van der Waals surface area contributed by atoms with Gasteiger partial charge in [0.2, 0.25) is 0 Å². The number of benzene rings is 1. The fraction of sp³-hybridized carbons (Fsp3) is 0.417. The van der Waals surface area contributed by atoms with Gasteiger partial charge in [-0.1, -0.05) is 27.5 Å². The van der Waals surface area contributed by atoms with Crippen molar-refractivity contribution in [3.8, 4) is 0 Å². The van der Waals surface area contributed by atoms with Gasteiger partial charge in [0.1, 0.15) is 0 Å². The first kappa shape index (κ1) is 13.8. The van der Waals surface area contributed by atoms with Crippen molar-refractivity contribution in [2.45, 2.75) is 6.04 Å². The van der Waals surface area contributed by atoms with E-state index in [1.165, 1.54) is 0 Å². The van der Waals surface area contributed by atoms with Crippen LogP contribution in [-0.4, -0.2) is 48.3 Å². The Balaban J connectivity index is 2.26. The fourth-order valence-electron chi connectivity index (χ4n) is 1.89. The Hall–Kier alpha value is -0.620. The molecule has 0 radical (unpaired) electrons. The van der Waals surface area contributed by atoms with Gasteiger partial charge in [-0.3, -0.25) is 4.79 Å². The van der Waals surface area contributed by atoms with Gasteiger partial charge in [0.25, 0.3) is 5.91 Å². The molecule has 6 heteroatoms. The zero-order valence-corrected chi connectivity index (χ0v) is 11.9. The van der Waals surface area contributed by atoms with Crippen molar-refractivity contribution in [2.24, 2.45) is 0 Å². The number of hydrogen-bond acceptors (Lipinski definition) is 3. The molecule has 1 N–H and O–H groups in total. The molecule has 1 aliphatic rings. The highest BCUT2D eigenvalue weighted by Crippen LogP contribution is 2.23. The second kappa shape index (κ2) is 6.02. The predicted molar refractivity (Wildman–Crippen MR) is 71.9 cm³/mol. The molecule has 0 bridgehead atoms. The van der Waals surface area contributed by atoms with Crippen molar-refractivity contribution < 1.29 is 14.6 Å². The number of carbonyl (C=O) groups is 1. The maximum Gasteiger partial charge on any atom is 0.255 e. The van der Waals surface area contributed by atoms with Crippen LogP contribution in [0.4, 0.5) is 0 Å². The topological polar surface area (TPSA) is 49.8 Å². The van der Waals surface area contributed by atoms with Crippen LogP contribution in [-0.2, 0) is 4.74 Å². The van der Waals surface area contributed by atoms with Crippen LogP contribution >= 0.6 is 27.5 Å². The van der Waals surface area contributed by atoms with Gasteiger partial charge < -0.3 is 14.7 Å². The summed E-state index contributed by atoms with van der Waals surface area (Å²) in [6, 6.07) is 4.84. The van der Waals surface area contributed by atoms with Gasteiger partial charge in [-0.15, -0.1) is 0 Å². The normalized spacial score (nSPS) is 19.9. The number of nitrogens with zero attached hydrogens (tertiary/aromatic N) is 1. The van der Waals surface area contributed by atoms with Gasteiger partial charge in [0.05, 0.1) is 36.4 Å². The number of amides is 1. The number of aliphatic hydroxyl groups is 1. The van der Waals surface area contributed by atoms with Gasteiger partial charge in [0.15, 0.2) is 0 Å². The average molecular weight is 335 g/mol. The third kappa shape index (κ3) is 2.85. The molecule has 2 rings (SSSR count). The van der Waals surface area contributed by atoms with Crippen LogP contribution in [0.5, 0.6) is 0 Å². The third-order valence-corrected chi connectivity index (χ3v) is 3.68. The summed E-state index contributed by atoms with van der Waals surface area (Å²) in [5, 5.41) is 9.67. The molecule has 1 amide bonds. The molecule has 0 saturated carbocycles. The van der Waals surface area contributed by atoms with E-state index in [9.17, 15) is 9.90 Å². The van der Waals surface area contributed by atoms with Crippen molar-refractivity contribution >= 4 is 33.4 Å². The fourth-order valence-corrected chi connectivity index (χ4v) is 2.45. The summed E-state index contributed by atoms with van der Waals surface area (Å²) in [5.74, 6) is -0.177. The van der Waals surface area contributed by atoms with E-state index in [1.807, 2.05) is 0 Å². The van der Waals surface area contributed by atoms with Crippen molar-refractivity contribution in [3.63, 3.8) is 0 Å². The third-order valence-electron chi connectivity index (χ3n) is 2.86.